The number of aryl methyl sites for hydroxylation is 1. The van der Waals surface area contributed by atoms with E-state index in [1.807, 2.05) is 41.9 Å². The van der Waals surface area contributed by atoms with E-state index in [2.05, 4.69) is 29.6 Å². The number of carbonyl (C=O) groups is 1. The van der Waals surface area contributed by atoms with Crippen molar-refractivity contribution in [2.24, 2.45) is 0 Å². The number of amides is 1. The lowest BCUT2D eigenvalue weighted by molar-refractivity contribution is -0.121. The second-order valence-corrected chi connectivity index (χ2v) is 9.49. The number of rotatable bonds is 6. The molecule has 3 aromatic rings. The van der Waals surface area contributed by atoms with Crippen molar-refractivity contribution in [3.63, 3.8) is 0 Å². The molecule has 0 unspecified atom stereocenters. The first kappa shape index (κ1) is 19.4. The van der Waals surface area contributed by atoms with Crippen molar-refractivity contribution in [3.8, 4) is 5.69 Å². The quantitative estimate of drug-likeness (QED) is 0.583. The van der Waals surface area contributed by atoms with E-state index in [1.165, 1.54) is 22.9 Å². The first-order valence-electron chi connectivity index (χ1n) is 10.8. The Bertz CT molecular complexity index is 1040. The maximum atomic E-state index is 12.9. The first-order chi connectivity index (χ1) is 14.7. The molecule has 2 aromatic carbocycles. The molecule has 6 heteroatoms. The second-order valence-electron chi connectivity index (χ2n) is 8.19. The average molecular weight is 419 g/mol. The molecule has 30 heavy (non-hydrogen) atoms. The van der Waals surface area contributed by atoms with Gasteiger partial charge in [0, 0.05) is 5.92 Å². The normalized spacial score (nSPS) is 19.2. The van der Waals surface area contributed by atoms with Crippen LogP contribution < -0.4 is 5.32 Å². The Balaban J connectivity index is 1.30. The maximum absolute atomic E-state index is 12.9. The van der Waals surface area contributed by atoms with Gasteiger partial charge in [0.05, 0.1) is 17.0 Å². The van der Waals surface area contributed by atoms with E-state index >= 15 is 0 Å². The fraction of sp³-hybridized carbons (Fsp3) is 0.375. The van der Waals surface area contributed by atoms with Crippen LogP contribution in [0.3, 0.4) is 0 Å². The summed E-state index contributed by atoms with van der Waals surface area (Å²) >= 11 is 1.44. The minimum absolute atomic E-state index is 0.0470. The van der Waals surface area contributed by atoms with E-state index in [-0.39, 0.29) is 17.2 Å². The van der Waals surface area contributed by atoms with E-state index in [9.17, 15) is 4.79 Å². The molecule has 2 aliphatic rings. The molecule has 0 radical (unpaired) electrons. The molecule has 2 atom stereocenters. The predicted molar refractivity (Wildman–Crippen MR) is 119 cm³/mol. The summed E-state index contributed by atoms with van der Waals surface area (Å²) in [5.41, 5.74) is 3.64. The molecule has 0 spiro atoms. The van der Waals surface area contributed by atoms with E-state index in [4.69, 9.17) is 10.1 Å². The summed E-state index contributed by atoms with van der Waals surface area (Å²) in [5.74, 6) is 1.54. The van der Waals surface area contributed by atoms with Crippen molar-refractivity contribution in [1.29, 1.82) is 0 Å². The standard InChI is InChI=1S/C24H26N4OS/c1-16(23(29)25-21-13-7-9-17-8-5-6-12-20(17)21)30-24-26-22(18-14-15-18)28(27-24)19-10-3-2-4-11-19/h2-6,8,10-12,16,18,21H,7,9,13-15H2,1H3,(H,25,29)/t16-,21+/m0/s1. The number of benzene rings is 2. The maximum Gasteiger partial charge on any atom is 0.233 e. The van der Waals surface area contributed by atoms with Crippen LogP contribution in [-0.4, -0.2) is 25.9 Å². The van der Waals surface area contributed by atoms with Crippen LogP contribution in [0.1, 0.15) is 61.5 Å². The molecule has 2 aliphatic carbocycles. The van der Waals surface area contributed by atoms with Crippen molar-refractivity contribution in [2.45, 2.75) is 61.4 Å². The van der Waals surface area contributed by atoms with Gasteiger partial charge in [-0.25, -0.2) is 9.67 Å². The molecule has 1 fully saturated rings. The van der Waals surface area contributed by atoms with Gasteiger partial charge in [-0.3, -0.25) is 4.79 Å². The summed E-state index contributed by atoms with van der Waals surface area (Å²) < 4.78 is 1.95. The molecular formula is C24H26N4OS. The smallest absolute Gasteiger partial charge is 0.233 e. The summed E-state index contributed by atoms with van der Waals surface area (Å²) in [6.45, 7) is 1.94. The Kier molecular flexibility index (Phi) is 5.34. The molecule has 5 rings (SSSR count). The Labute approximate surface area is 181 Å². The van der Waals surface area contributed by atoms with Gasteiger partial charge in [-0.2, -0.15) is 0 Å². The van der Waals surface area contributed by atoms with Crippen molar-refractivity contribution < 1.29 is 4.79 Å². The number of nitrogens with zero attached hydrogens (tertiary/aromatic N) is 3. The van der Waals surface area contributed by atoms with Gasteiger partial charge in [0.1, 0.15) is 5.82 Å². The number of hydrogen-bond donors (Lipinski definition) is 1. The van der Waals surface area contributed by atoms with Crippen molar-refractivity contribution >= 4 is 17.7 Å². The van der Waals surface area contributed by atoms with Gasteiger partial charge in [0.2, 0.25) is 11.1 Å². The Hall–Kier alpha value is -2.60. The highest BCUT2D eigenvalue weighted by Gasteiger charge is 2.31. The molecule has 1 heterocycles. The third kappa shape index (κ3) is 4.01. The summed E-state index contributed by atoms with van der Waals surface area (Å²) in [4.78, 5) is 17.7. The van der Waals surface area contributed by atoms with Crippen molar-refractivity contribution in [2.75, 3.05) is 0 Å². The number of para-hydroxylation sites is 1. The SMILES string of the molecule is C[C@H](Sc1nc(C2CC2)n(-c2ccccc2)n1)C(=O)N[C@@H]1CCCc2ccccc21. The molecule has 1 amide bonds. The molecule has 5 nitrogen and oxygen atoms in total. The Morgan fingerprint density at radius 2 is 1.87 bits per heavy atom. The highest BCUT2D eigenvalue weighted by molar-refractivity contribution is 8.00. The van der Waals surface area contributed by atoms with Crippen LogP contribution in [0.4, 0.5) is 0 Å². The lowest BCUT2D eigenvalue weighted by Crippen LogP contribution is -2.35. The lowest BCUT2D eigenvalue weighted by atomic mass is 9.88. The molecule has 1 aromatic heterocycles. The van der Waals surface area contributed by atoms with Gasteiger partial charge in [-0.15, -0.1) is 5.10 Å². The minimum Gasteiger partial charge on any atom is -0.348 e. The highest BCUT2D eigenvalue weighted by atomic mass is 32.2. The van der Waals surface area contributed by atoms with E-state index in [0.717, 1.165) is 43.6 Å². The van der Waals surface area contributed by atoms with Gasteiger partial charge in [0.15, 0.2) is 0 Å². The van der Waals surface area contributed by atoms with Gasteiger partial charge in [0.25, 0.3) is 0 Å². The zero-order valence-corrected chi connectivity index (χ0v) is 17.9. The summed E-state index contributed by atoms with van der Waals surface area (Å²) in [6, 6.07) is 18.7. The highest BCUT2D eigenvalue weighted by Crippen LogP contribution is 2.40. The molecule has 1 saturated carbocycles. The second kappa shape index (κ2) is 8.26. The van der Waals surface area contributed by atoms with E-state index in [1.54, 1.807) is 0 Å². The fourth-order valence-electron chi connectivity index (χ4n) is 4.12. The predicted octanol–water partition coefficient (Wildman–Crippen LogP) is 4.82. The molecule has 0 saturated heterocycles. The molecule has 1 N–H and O–H groups in total. The first-order valence-corrected chi connectivity index (χ1v) is 11.6. The van der Waals surface area contributed by atoms with Crippen LogP contribution in [0, 0.1) is 0 Å². The number of carbonyl (C=O) groups excluding carboxylic acids is 1. The number of aromatic nitrogens is 3. The Morgan fingerprint density at radius 1 is 1.10 bits per heavy atom. The zero-order valence-electron chi connectivity index (χ0n) is 17.1. The number of hydrogen-bond acceptors (Lipinski definition) is 4. The summed E-state index contributed by atoms with van der Waals surface area (Å²) in [6.07, 6.45) is 5.52. The van der Waals surface area contributed by atoms with Crippen LogP contribution in [0.5, 0.6) is 0 Å². The van der Waals surface area contributed by atoms with Crippen LogP contribution in [0.25, 0.3) is 5.69 Å². The third-order valence-electron chi connectivity index (χ3n) is 5.89. The minimum atomic E-state index is -0.252. The van der Waals surface area contributed by atoms with Crippen LogP contribution in [0.15, 0.2) is 59.8 Å². The largest absolute Gasteiger partial charge is 0.348 e. The molecular weight excluding hydrogens is 392 g/mol. The third-order valence-corrected chi connectivity index (χ3v) is 6.84. The Morgan fingerprint density at radius 3 is 2.67 bits per heavy atom. The van der Waals surface area contributed by atoms with Gasteiger partial charge in [-0.05, 0) is 62.3 Å². The molecule has 0 aliphatic heterocycles. The molecule has 0 bridgehead atoms. The number of thioether (sulfide) groups is 1. The van der Waals surface area contributed by atoms with Gasteiger partial charge < -0.3 is 5.32 Å². The van der Waals surface area contributed by atoms with E-state index in [0.29, 0.717) is 11.1 Å². The fourth-order valence-corrected chi connectivity index (χ4v) is 4.89. The number of nitrogens with one attached hydrogen (secondary N) is 1. The lowest BCUT2D eigenvalue weighted by Gasteiger charge is -2.27. The summed E-state index contributed by atoms with van der Waals surface area (Å²) in [5, 5.41) is 8.42. The van der Waals surface area contributed by atoms with Gasteiger partial charge >= 0.3 is 0 Å². The van der Waals surface area contributed by atoms with E-state index < -0.39 is 0 Å². The number of fused-ring (bicyclic) bond motifs is 1. The van der Waals surface area contributed by atoms with Crippen molar-refractivity contribution in [3.05, 3.63) is 71.5 Å². The molecule has 154 valence electrons. The van der Waals surface area contributed by atoms with Crippen LogP contribution in [-0.2, 0) is 11.2 Å². The van der Waals surface area contributed by atoms with Crippen molar-refractivity contribution in [1.82, 2.24) is 20.1 Å². The topological polar surface area (TPSA) is 59.8 Å². The monoisotopic (exact) mass is 418 g/mol. The zero-order chi connectivity index (χ0) is 20.5. The summed E-state index contributed by atoms with van der Waals surface area (Å²) in [7, 11) is 0. The average Bonchev–Trinajstić information content (AvgIpc) is 3.54. The van der Waals surface area contributed by atoms with Gasteiger partial charge in [-0.1, -0.05) is 54.2 Å². The van der Waals surface area contributed by atoms with Crippen LogP contribution >= 0.6 is 11.8 Å². The van der Waals surface area contributed by atoms with Crippen LogP contribution in [0.2, 0.25) is 0 Å².